The monoisotopic (exact) mass is 204 g/mol. The van der Waals surface area contributed by atoms with E-state index in [0.717, 1.165) is 25.7 Å². The molecule has 0 unspecified atom stereocenters. The molecule has 0 saturated heterocycles. The molecule has 0 saturated carbocycles. The predicted molar refractivity (Wildman–Crippen MR) is 70.9 cm³/mol. The minimum atomic E-state index is 0.685. The van der Waals surface area contributed by atoms with E-state index >= 15 is 0 Å². The van der Waals surface area contributed by atoms with Crippen molar-refractivity contribution in [2.75, 3.05) is 0 Å². The normalized spacial score (nSPS) is 10.3. The second kappa shape index (κ2) is 9.51. The van der Waals surface area contributed by atoms with Gasteiger partial charge >= 0.3 is 0 Å². The van der Waals surface area contributed by atoms with Crippen LogP contribution in [0.5, 0.6) is 0 Å². The van der Waals surface area contributed by atoms with Gasteiger partial charge in [-0.25, -0.2) is 0 Å². The summed E-state index contributed by atoms with van der Waals surface area (Å²) in [6.45, 7) is 15.2. The zero-order chi connectivity index (χ0) is 11.5. The Morgan fingerprint density at radius 3 is 1.07 bits per heavy atom. The van der Waals surface area contributed by atoms with E-state index in [2.05, 4.69) is 26.3 Å². The fraction of sp³-hybridized carbons (Fsp3) is 0.467. The van der Waals surface area contributed by atoms with Crippen LogP contribution in [0.4, 0.5) is 0 Å². The molecule has 0 aromatic carbocycles. The molecule has 0 heterocycles. The Kier molecular flexibility index (Phi) is 8.85. The molecule has 0 aromatic heterocycles. The number of hydrogen-bond donors (Lipinski definition) is 0. The summed E-state index contributed by atoms with van der Waals surface area (Å²) >= 11 is 0. The highest BCUT2D eigenvalue weighted by atomic mass is 14.2. The SMILES string of the molecule is C=CCC(CC=C)CC(CC=C)CC=C. The second-order valence-corrected chi connectivity index (χ2v) is 4.07. The smallest absolute Gasteiger partial charge is 0.0322 e. The summed E-state index contributed by atoms with van der Waals surface area (Å²) in [6.07, 6.45) is 13.6. The van der Waals surface area contributed by atoms with Crippen LogP contribution in [0.3, 0.4) is 0 Å². The van der Waals surface area contributed by atoms with Gasteiger partial charge in [0.15, 0.2) is 0 Å². The highest BCUT2D eigenvalue weighted by molar-refractivity contribution is 4.85. The maximum absolute atomic E-state index is 3.81. The van der Waals surface area contributed by atoms with Gasteiger partial charge in [0, 0.05) is 0 Å². The lowest BCUT2D eigenvalue weighted by molar-refractivity contribution is 0.377. The van der Waals surface area contributed by atoms with Gasteiger partial charge < -0.3 is 0 Å². The molecule has 0 aliphatic rings. The predicted octanol–water partition coefficient (Wildman–Crippen LogP) is 4.91. The minimum Gasteiger partial charge on any atom is -0.103 e. The van der Waals surface area contributed by atoms with Gasteiger partial charge in [0.2, 0.25) is 0 Å². The molecule has 0 atom stereocenters. The first-order chi connectivity index (χ1) is 7.28. The molecule has 0 aromatic rings. The van der Waals surface area contributed by atoms with E-state index in [1.54, 1.807) is 0 Å². The average Bonchev–Trinajstić information content (AvgIpc) is 2.19. The molecular weight excluding hydrogens is 180 g/mol. The van der Waals surface area contributed by atoms with E-state index in [4.69, 9.17) is 0 Å². The third kappa shape index (κ3) is 6.96. The lowest BCUT2D eigenvalue weighted by atomic mass is 9.86. The Bertz CT molecular complexity index is 158. The van der Waals surface area contributed by atoms with Crippen LogP contribution in [0.1, 0.15) is 32.1 Å². The highest BCUT2D eigenvalue weighted by Gasteiger charge is 2.12. The summed E-state index contributed by atoms with van der Waals surface area (Å²) in [4.78, 5) is 0. The van der Waals surface area contributed by atoms with Crippen molar-refractivity contribution in [3.05, 3.63) is 50.6 Å². The van der Waals surface area contributed by atoms with Crippen LogP contribution in [0.25, 0.3) is 0 Å². The van der Waals surface area contributed by atoms with Gasteiger partial charge in [-0.05, 0) is 43.9 Å². The van der Waals surface area contributed by atoms with Gasteiger partial charge in [0.1, 0.15) is 0 Å². The molecular formula is C15H24. The van der Waals surface area contributed by atoms with Crippen molar-refractivity contribution in [1.29, 1.82) is 0 Å². The van der Waals surface area contributed by atoms with Gasteiger partial charge in [-0.15, -0.1) is 26.3 Å². The molecule has 0 heteroatoms. The summed E-state index contributed by atoms with van der Waals surface area (Å²) in [5.74, 6) is 1.37. The first-order valence-electron chi connectivity index (χ1n) is 5.72. The molecule has 0 rings (SSSR count). The summed E-state index contributed by atoms with van der Waals surface area (Å²) < 4.78 is 0. The largest absolute Gasteiger partial charge is 0.103 e. The van der Waals surface area contributed by atoms with Crippen LogP contribution in [0, 0.1) is 11.8 Å². The van der Waals surface area contributed by atoms with Crippen molar-refractivity contribution >= 4 is 0 Å². The third-order valence-corrected chi connectivity index (χ3v) is 2.67. The van der Waals surface area contributed by atoms with Crippen LogP contribution in [0.2, 0.25) is 0 Å². The number of allylic oxidation sites excluding steroid dienone is 4. The van der Waals surface area contributed by atoms with Gasteiger partial charge in [0.25, 0.3) is 0 Å². The molecule has 0 aliphatic heterocycles. The maximum Gasteiger partial charge on any atom is -0.0322 e. The fourth-order valence-electron chi connectivity index (χ4n) is 1.99. The Labute approximate surface area is 95.1 Å². The highest BCUT2D eigenvalue weighted by Crippen LogP contribution is 2.25. The van der Waals surface area contributed by atoms with E-state index in [9.17, 15) is 0 Å². The first kappa shape index (κ1) is 14.0. The van der Waals surface area contributed by atoms with E-state index in [1.165, 1.54) is 6.42 Å². The molecule has 0 spiro atoms. The Morgan fingerprint density at radius 2 is 0.867 bits per heavy atom. The van der Waals surface area contributed by atoms with Crippen LogP contribution in [-0.2, 0) is 0 Å². The van der Waals surface area contributed by atoms with E-state index in [1.807, 2.05) is 24.3 Å². The molecule has 0 radical (unpaired) electrons. The summed E-state index contributed by atoms with van der Waals surface area (Å²) in [5.41, 5.74) is 0. The van der Waals surface area contributed by atoms with Gasteiger partial charge in [-0.1, -0.05) is 24.3 Å². The topological polar surface area (TPSA) is 0 Å². The molecule has 0 bridgehead atoms. The first-order valence-corrected chi connectivity index (χ1v) is 5.72. The minimum absolute atomic E-state index is 0.685. The summed E-state index contributed by atoms with van der Waals surface area (Å²) in [7, 11) is 0. The number of rotatable bonds is 10. The quantitative estimate of drug-likeness (QED) is 0.443. The zero-order valence-electron chi connectivity index (χ0n) is 9.83. The van der Waals surface area contributed by atoms with Crippen LogP contribution in [-0.4, -0.2) is 0 Å². The average molecular weight is 204 g/mol. The zero-order valence-corrected chi connectivity index (χ0v) is 9.83. The van der Waals surface area contributed by atoms with E-state index in [0.29, 0.717) is 11.8 Å². The van der Waals surface area contributed by atoms with Gasteiger partial charge in [-0.2, -0.15) is 0 Å². The van der Waals surface area contributed by atoms with E-state index in [-0.39, 0.29) is 0 Å². The summed E-state index contributed by atoms with van der Waals surface area (Å²) in [6, 6.07) is 0. The Balaban J connectivity index is 4.15. The van der Waals surface area contributed by atoms with Crippen molar-refractivity contribution in [3.8, 4) is 0 Å². The Morgan fingerprint density at radius 1 is 0.600 bits per heavy atom. The standard InChI is InChI=1S/C15H24/c1-5-9-14(10-6-2)13-15(11-7-3)12-8-4/h5-8,14-15H,1-4,9-13H2. The molecule has 15 heavy (non-hydrogen) atoms. The molecule has 0 aliphatic carbocycles. The molecule has 0 amide bonds. The fourth-order valence-corrected chi connectivity index (χ4v) is 1.99. The van der Waals surface area contributed by atoms with Crippen molar-refractivity contribution in [2.45, 2.75) is 32.1 Å². The molecule has 0 nitrogen and oxygen atoms in total. The van der Waals surface area contributed by atoms with Gasteiger partial charge in [-0.3, -0.25) is 0 Å². The maximum atomic E-state index is 3.81. The lowest BCUT2D eigenvalue weighted by Crippen LogP contribution is -2.07. The second-order valence-electron chi connectivity index (χ2n) is 4.07. The third-order valence-electron chi connectivity index (χ3n) is 2.67. The van der Waals surface area contributed by atoms with Crippen molar-refractivity contribution in [1.82, 2.24) is 0 Å². The molecule has 84 valence electrons. The number of hydrogen-bond acceptors (Lipinski definition) is 0. The molecule has 0 fully saturated rings. The molecule has 0 N–H and O–H groups in total. The van der Waals surface area contributed by atoms with E-state index < -0.39 is 0 Å². The lowest BCUT2D eigenvalue weighted by Gasteiger charge is -2.19. The van der Waals surface area contributed by atoms with Gasteiger partial charge in [0.05, 0.1) is 0 Å². The van der Waals surface area contributed by atoms with Crippen LogP contribution in [0.15, 0.2) is 50.6 Å². The van der Waals surface area contributed by atoms with Crippen molar-refractivity contribution in [3.63, 3.8) is 0 Å². The van der Waals surface area contributed by atoms with Crippen molar-refractivity contribution < 1.29 is 0 Å². The van der Waals surface area contributed by atoms with Crippen LogP contribution < -0.4 is 0 Å². The van der Waals surface area contributed by atoms with Crippen molar-refractivity contribution in [2.24, 2.45) is 11.8 Å². The summed E-state index contributed by atoms with van der Waals surface area (Å²) in [5, 5.41) is 0. The van der Waals surface area contributed by atoms with Crippen LogP contribution >= 0.6 is 0 Å². The Hall–Kier alpha value is -1.04.